The van der Waals surface area contributed by atoms with E-state index in [0.29, 0.717) is 28.6 Å². The van der Waals surface area contributed by atoms with Crippen molar-refractivity contribution < 1.29 is 19.1 Å². The van der Waals surface area contributed by atoms with Gasteiger partial charge in [0.25, 0.3) is 5.91 Å². The van der Waals surface area contributed by atoms with E-state index < -0.39 is 0 Å². The van der Waals surface area contributed by atoms with Crippen molar-refractivity contribution in [3.8, 4) is 11.5 Å². The summed E-state index contributed by atoms with van der Waals surface area (Å²) in [5.74, 6) is 0.880. The van der Waals surface area contributed by atoms with Crippen molar-refractivity contribution in [2.45, 2.75) is 18.9 Å². The molecule has 1 atom stereocenters. The molecule has 0 spiro atoms. The molecule has 1 unspecified atom stereocenters. The summed E-state index contributed by atoms with van der Waals surface area (Å²) in [5.41, 5.74) is 1.29. The quantitative estimate of drug-likeness (QED) is 0.803. The summed E-state index contributed by atoms with van der Waals surface area (Å²) in [6.45, 7) is 0.555. The standard InChI is InChI=1S/C21H23ClN2O4/c1-27-14-9-10-16(19(12-14)28-2)18-8-5-11-24(18)20(25)13-23-21(26)15-6-3-4-7-17(15)22/h3-4,6-7,9-10,12,18H,5,8,11,13H2,1-2H3,(H,23,26). The molecule has 6 nitrogen and oxygen atoms in total. The molecule has 1 saturated heterocycles. The molecule has 2 aromatic rings. The van der Waals surface area contributed by atoms with Crippen LogP contribution in [0.1, 0.15) is 34.8 Å². The zero-order valence-corrected chi connectivity index (χ0v) is 16.7. The van der Waals surface area contributed by atoms with Gasteiger partial charge in [0.1, 0.15) is 11.5 Å². The molecule has 3 rings (SSSR count). The van der Waals surface area contributed by atoms with E-state index in [-0.39, 0.29) is 24.4 Å². The summed E-state index contributed by atoms with van der Waals surface area (Å²) in [6, 6.07) is 12.3. The average Bonchev–Trinajstić information content (AvgIpc) is 3.21. The van der Waals surface area contributed by atoms with Crippen molar-refractivity contribution in [3.63, 3.8) is 0 Å². The second kappa shape index (κ2) is 8.97. The summed E-state index contributed by atoms with van der Waals surface area (Å²) < 4.78 is 10.7. The van der Waals surface area contributed by atoms with Crippen molar-refractivity contribution in [1.82, 2.24) is 10.2 Å². The number of benzene rings is 2. The number of hydrogen-bond acceptors (Lipinski definition) is 4. The highest BCUT2D eigenvalue weighted by atomic mass is 35.5. The highest BCUT2D eigenvalue weighted by molar-refractivity contribution is 6.33. The number of carbonyl (C=O) groups excluding carboxylic acids is 2. The lowest BCUT2D eigenvalue weighted by molar-refractivity contribution is -0.131. The lowest BCUT2D eigenvalue weighted by Crippen LogP contribution is -2.40. The SMILES string of the molecule is COc1ccc(C2CCCN2C(=O)CNC(=O)c2ccccc2Cl)c(OC)c1. The van der Waals surface area contributed by atoms with E-state index in [0.717, 1.165) is 18.4 Å². The van der Waals surface area contributed by atoms with Crippen molar-refractivity contribution in [2.75, 3.05) is 27.3 Å². The van der Waals surface area contributed by atoms with E-state index >= 15 is 0 Å². The molecule has 1 fully saturated rings. The molecule has 7 heteroatoms. The van der Waals surface area contributed by atoms with Crippen molar-refractivity contribution in [3.05, 3.63) is 58.6 Å². The number of likely N-dealkylation sites (tertiary alicyclic amines) is 1. The maximum absolute atomic E-state index is 12.8. The maximum Gasteiger partial charge on any atom is 0.253 e. The summed E-state index contributed by atoms with van der Waals surface area (Å²) >= 11 is 6.04. The molecule has 0 aromatic heterocycles. The first-order valence-corrected chi connectivity index (χ1v) is 9.47. The van der Waals surface area contributed by atoms with Crippen molar-refractivity contribution in [1.29, 1.82) is 0 Å². The molecular formula is C21H23ClN2O4. The van der Waals surface area contributed by atoms with Crippen LogP contribution in [0.15, 0.2) is 42.5 Å². The van der Waals surface area contributed by atoms with Crippen LogP contribution in [0.4, 0.5) is 0 Å². The number of rotatable bonds is 6. The Morgan fingerprint density at radius 3 is 2.68 bits per heavy atom. The smallest absolute Gasteiger partial charge is 0.253 e. The van der Waals surface area contributed by atoms with E-state index in [9.17, 15) is 9.59 Å². The first kappa shape index (κ1) is 20.0. The van der Waals surface area contributed by atoms with Gasteiger partial charge in [0.15, 0.2) is 0 Å². The lowest BCUT2D eigenvalue weighted by Gasteiger charge is -2.26. The topological polar surface area (TPSA) is 67.9 Å². The average molecular weight is 403 g/mol. The molecule has 2 aromatic carbocycles. The Kier molecular flexibility index (Phi) is 6.41. The first-order chi connectivity index (χ1) is 13.5. The Labute approximate surface area is 169 Å². The summed E-state index contributed by atoms with van der Waals surface area (Å²) in [7, 11) is 3.20. The highest BCUT2D eigenvalue weighted by Crippen LogP contribution is 2.38. The van der Waals surface area contributed by atoms with Crippen molar-refractivity contribution in [2.24, 2.45) is 0 Å². The Hall–Kier alpha value is -2.73. The fourth-order valence-corrected chi connectivity index (χ4v) is 3.70. The van der Waals surface area contributed by atoms with Gasteiger partial charge in [-0.3, -0.25) is 9.59 Å². The molecule has 1 N–H and O–H groups in total. The number of carbonyl (C=O) groups is 2. The molecule has 1 aliphatic heterocycles. The molecule has 0 radical (unpaired) electrons. The largest absolute Gasteiger partial charge is 0.497 e. The minimum Gasteiger partial charge on any atom is -0.497 e. The van der Waals surface area contributed by atoms with Crippen LogP contribution in [0, 0.1) is 0 Å². The Morgan fingerprint density at radius 2 is 1.96 bits per heavy atom. The van der Waals surface area contributed by atoms with Gasteiger partial charge in [0.2, 0.25) is 5.91 Å². The predicted octanol–water partition coefficient (Wildman–Crippen LogP) is 3.45. The molecule has 1 heterocycles. The molecule has 2 amide bonds. The molecule has 1 aliphatic rings. The summed E-state index contributed by atoms with van der Waals surface area (Å²) in [4.78, 5) is 26.9. The number of halogens is 1. The molecule has 0 bridgehead atoms. The van der Waals surface area contributed by atoms with Crippen molar-refractivity contribution >= 4 is 23.4 Å². The zero-order chi connectivity index (χ0) is 20.1. The van der Waals surface area contributed by atoms with Gasteiger partial charge in [0, 0.05) is 18.2 Å². The molecule has 28 heavy (non-hydrogen) atoms. The fourth-order valence-electron chi connectivity index (χ4n) is 3.48. The van der Waals surface area contributed by atoms with Gasteiger partial charge in [-0.05, 0) is 37.1 Å². The Morgan fingerprint density at radius 1 is 1.18 bits per heavy atom. The second-order valence-electron chi connectivity index (χ2n) is 6.52. The van der Waals surface area contributed by atoms with Gasteiger partial charge in [-0.2, -0.15) is 0 Å². The third kappa shape index (κ3) is 4.22. The monoisotopic (exact) mass is 402 g/mol. The van der Waals surface area contributed by atoms with E-state index in [2.05, 4.69) is 5.32 Å². The lowest BCUT2D eigenvalue weighted by atomic mass is 10.0. The summed E-state index contributed by atoms with van der Waals surface area (Å²) in [6.07, 6.45) is 1.73. The predicted molar refractivity (Wildman–Crippen MR) is 107 cm³/mol. The third-order valence-corrected chi connectivity index (χ3v) is 5.22. The van der Waals surface area contributed by atoms with Crippen LogP contribution in [0.3, 0.4) is 0 Å². The van der Waals surface area contributed by atoms with Gasteiger partial charge in [-0.1, -0.05) is 23.7 Å². The fraction of sp³-hybridized carbons (Fsp3) is 0.333. The number of amides is 2. The van der Waals surface area contributed by atoms with Crippen LogP contribution >= 0.6 is 11.6 Å². The molecule has 0 saturated carbocycles. The maximum atomic E-state index is 12.8. The molecular weight excluding hydrogens is 380 g/mol. The number of hydrogen-bond donors (Lipinski definition) is 1. The highest BCUT2D eigenvalue weighted by Gasteiger charge is 2.32. The Bertz CT molecular complexity index is 871. The first-order valence-electron chi connectivity index (χ1n) is 9.09. The van der Waals surface area contributed by atoms with Crippen LogP contribution in [0.2, 0.25) is 5.02 Å². The molecule has 148 valence electrons. The van der Waals surface area contributed by atoms with E-state index in [1.54, 1.807) is 43.4 Å². The van der Waals surface area contributed by atoms with Crippen LogP contribution < -0.4 is 14.8 Å². The number of methoxy groups -OCH3 is 2. The number of ether oxygens (including phenoxy) is 2. The normalized spacial score (nSPS) is 16.0. The van der Waals surface area contributed by atoms with Crippen LogP contribution in [0.5, 0.6) is 11.5 Å². The van der Waals surface area contributed by atoms with Gasteiger partial charge in [-0.25, -0.2) is 0 Å². The van der Waals surface area contributed by atoms with Gasteiger partial charge < -0.3 is 19.7 Å². The van der Waals surface area contributed by atoms with Crippen LogP contribution in [0.25, 0.3) is 0 Å². The Balaban J connectivity index is 1.70. The minimum absolute atomic E-state index is 0.0843. The van der Waals surface area contributed by atoms with Crippen LogP contribution in [-0.2, 0) is 4.79 Å². The van der Waals surface area contributed by atoms with Crippen LogP contribution in [-0.4, -0.2) is 44.0 Å². The van der Waals surface area contributed by atoms with Gasteiger partial charge in [0.05, 0.1) is 37.4 Å². The molecule has 0 aliphatic carbocycles. The van der Waals surface area contributed by atoms with E-state index in [1.807, 2.05) is 18.2 Å². The minimum atomic E-state index is -0.364. The number of nitrogens with zero attached hydrogens (tertiary/aromatic N) is 1. The van der Waals surface area contributed by atoms with Gasteiger partial charge >= 0.3 is 0 Å². The summed E-state index contributed by atoms with van der Waals surface area (Å²) in [5, 5.41) is 3.03. The van der Waals surface area contributed by atoms with E-state index in [4.69, 9.17) is 21.1 Å². The zero-order valence-electron chi connectivity index (χ0n) is 15.9. The third-order valence-electron chi connectivity index (χ3n) is 4.89. The number of nitrogens with one attached hydrogen (secondary N) is 1. The second-order valence-corrected chi connectivity index (χ2v) is 6.92. The van der Waals surface area contributed by atoms with Gasteiger partial charge in [-0.15, -0.1) is 0 Å². The van der Waals surface area contributed by atoms with E-state index in [1.165, 1.54) is 0 Å².